The Morgan fingerprint density at radius 1 is 1.18 bits per heavy atom. The summed E-state index contributed by atoms with van der Waals surface area (Å²) in [7, 11) is -3.67. The Morgan fingerprint density at radius 3 is 2.70 bits per heavy atom. The molecule has 2 aromatic carbocycles. The van der Waals surface area contributed by atoms with Crippen LogP contribution in [0.1, 0.15) is 51.3 Å². The average molecular weight is 569 g/mol. The van der Waals surface area contributed by atoms with Crippen LogP contribution in [0.15, 0.2) is 59.6 Å². The number of alkyl halides is 3. The number of fused-ring (bicyclic) bond motifs is 4. The number of halogens is 3. The van der Waals surface area contributed by atoms with Crippen molar-refractivity contribution >= 4 is 38.2 Å². The smallest absolute Gasteiger partial charge is 0.383 e. The fraction of sp³-hybridized carbons (Fsp3) is 0.250. The molecule has 40 heavy (non-hydrogen) atoms. The lowest BCUT2D eigenvalue weighted by molar-refractivity contribution is -0.141. The first kappa shape index (κ1) is 26.2. The lowest BCUT2D eigenvalue weighted by Gasteiger charge is -2.25. The lowest BCUT2D eigenvalue weighted by atomic mass is 10.0. The van der Waals surface area contributed by atoms with Crippen molar-refractivity contribution in [2.75, 3.05) is 16.4 Å². The fourth-order valence-electron chi connectivity index (χ4n) is 5.39. The maximum absolute atomic E-state index is 13.8. The van der Waals surface area contributed by atoms with Crippen LogP contribution in [0, 0.1) is 0 Å². The van der Waals surface area contributed by atoms with Crippen molar-refractivity contribution in [1.82, 2.24) is 9.97 Å². The van der Waals surface area contributed by atoms with E-state index in [1.165, 1.54) is 11.0 Å². The monoisotopic (exact) mass is 568 g/mol. The van der Waals surface area contributed by atoms with E-state index < -0.39 is 27.6 Å². The number of hydrogen-bond acceptors (Lipinski definition) is 7. The molecule has 0 unspecified atom stereocenters. The molecule has 4 aromatic rings. The zero-order valence-corrected chi connectivity index (χ0v) is 22.0. The molecule has 1 amide bonds. The van der Waals surface area contributed by atoms with E-state index in [0.717, 1.165) is 34.8 Å². The standard InChI is InChI=1S/C28H23F3N4O4S/c1-15-24-20(14-39-15)19-7-5-16(11-21(19)34-26(24)32)13-35(22-4-2-3-17-9-10-40(37,38)25(17)22)27(36)18-6-8-23(33-12-18)28(29,30)31/h2-8,11-12,15H,9-10,13-14H2,1H3,(H2,32,34)/t15-/m0/s1. The Hall–Kier alpha value is -4.03. The van der Waals surface area contributed by atoms with Crippen molar-refractivity contribution in [2.24, 2.45) is 0 Å². The topological polar surface area (TPSA) is 115 Å². The largest absolute Gasteiger partial charge is 0.433 e. The number of sulfone groups is 1. The second-order valence-electron chi connectivity index (χ2n) is 9.85. The number of carbonyl (C=O) groups excluding carboxylic acids is 1. The molecule has 12 heteroatoms. The Kier molecular flexibility index (Phi) is 6.07. The van der Waals surface area contributed by atoms with E-state index in [9.17, 15) is 26.4 Å². The highest BCUT2D eigenvalue weighted by atomic mass is 32.2. The van der Waals surface area contributed by atoms with Gasteiger partial charge in [0.05, 0.1) is 46.7 Å². The van der Waals surface area contributed by atoms with E-state index in [4.69, 9.17) is 10.5 Å². The molecule has 1 atom stereocenters. The molecule has 2 aliphatic heterocycles. The minimum absolute atomic E-state index is 0.0512. The van der Waals surface area contributed by atoms with Crippen molar-refractivity contribution in [2.45, 2.75) is 43.7 Å². The average Bonchev–Trinajstić information content (AvgIpc) is 3.46. The Labute approximate surface area is 227 Å². The van der Waals surface area contributed by atoms with Crippen LogP contribution in [0.3, 0.4) is 0 Å². The Morgan fingerprint density at radius 2 is 1.98 bits per heavy atom. The first-order chi connectivity index (χ1) is 18.9. The van der Waals surface area contributed by atoms with E-state index in [-0.39, 0.29) is 34.5 Å². The number of hydrogen-bond donors (Lipinski definition) is 1. The van der Waals surface area contributed by atoms with Crippen molar-refractivity contribution in [3.63, 3.8) is 0 Å². The van der Waals surface area contributed by atoms with Crippen molar-refractivity contribution in [3.05, 3.63) is 88.2 Å². The van der Waals surface area contributed by atoms with Gasteiger partial charge in [0.25, 0.3) is 5.91 Å². The number of aromatic nitrogens is 2. The minimum atomic E-state index is -4.67. The van der Waals surface area contributed by atoms with Crippen LogP contribution >= 0.6 is 0 Å². The number of carbonyl (C=O) groups is 1. The van der Waals surface area contributed by atoms with Crippen LogP contribution in [-0.2, 0) is 40.3 Å². The molecule has 0 spiro atoms. The van der Waals surface area contributed by atoms with Crippen LogP contribution in [-0.4, -0.2) is 30.0 Å². The highest BCUT2D eigenvalue weighted by Crippen LogP contribution is 2.39. The number of benzene rings is 2. The van der Waals surface area contributed by atoms with Gasteiger partial charge in [-0.1, -0.05) is 24.3 Å². The third-order valence-corrected chi connectivity index (χ3v) is 9.15. The number of nitrogens with zero attached hydrogens (tertiary/aromatic N) is 3. The van der Waals surface area contributed by atoms with Gasteiger partial charge in [-0.05, 0) is 54.3 Å². The van der Waals surface area contributed by atoms with Gasteiger partial charge >= 0.3 is 6.18 Å². The van der Waals surface area contributed by atoms with Gasteiger partial charge in [0.1, 0.15) is 11.5 Å². The van der Waals surface area contributed by atoms with Crippen LogP contribution in [0.5, 0.6) is 0 Å². The summed E-state index contributed by atoms with van der Waals surface area (Å²) >= 11 is 0. The molecule has 8 nitrogen and oxygen atoms in total. The molecule has 2 aromatic heterocycles. The van der Waals surface area contributed by atoms with E-state index in [1.54, 1.807) is 24.3 Å². The molecule has 0 aliphatic carbocycles. The number of nitrogens with two attached hydrogens (primary N) is 1. The normalized spacial score (nSPS) is 17.6. The molecule has 4 heterocycles. The third kappa shape index (κ3) is 4.37. The molecular weight excluding hydrogens is 545 g/mol. The molecule has 0 fully saturated rings. The highest BCUT2D eigenvalue weighted by Gasteiger charge is 2.35. The van der Waals surface area contributed by atoms with Crippen molar-refractivity contribution < 1.29 is 31.1 Å². The van der Waals surface area contributed by atoms with Crippen LogP contribution in [0.4, 0.5) is 24.7 Å². The zero-order chi connectivity index (χ0) is 28.4. The highest BCUT2D eigenvalue weighted by molar-refractivity contribution is 7.91. The number of aryl methyl sites for hydroxylation is 1. The number of ether oxygens (including phenoxy) is 1. The third-order valence-electron chi connectivity index (χ3n) is 7.32. The number of amides is 1. The summed E-state index contributed by atoms with van der Waals surface area (Å²) in [6.07, 6.45) is -3.69. The summed E-state index contributed by atoms with van der Waals surface area (Å²) < 4.78 is 70.9. The molecule has 0 saturated heterocycles. The Bertz CT molecular complexity index is 1790. The number of rotatable bonds is 4. The summed E-state index contributed by atoms with van der Waals surface area (Å²) in [5.74, 6) is -0.436. The van der Waals surface area contributed by atoms with Crippen molar-refractivity contribution in [3.8, 4) is 0 Å². The second-order valence-corrected chi connectivity index (χ2v) is 11.9. The predicted molar refractivity (Wildman–Crippen MR) is 141 cm³/mol. The van der Waals surface area contributed by atoms with Gasteiger partial charge in [0.2, 0.25) is 0 Å². The summed E-state index contributed by atoms with van der Waals surface area (Å²) in [6.45, 7) is 2.21. The van der Waals surface area contributed by atoms with Gasteiger partial charge in [0.15, 0.2) is 9.84 Å². The van der Waals surface area contributed by atoms with E-state index >= 15 is 0 Å². The first-order valence-electron chi connectivity index (χ1n) is 12.5. The predicted octanol–water partition coefficient (Wildman–Crippen LogP) is 5.00. The molecule has 0 saturated carbocycles. The summed E-state index contributed by atoms with van der Waals surface area (Å²) in [6, 6.07) is 12.1. The number of anilines is 2. The van der Waals surface area contributed by atoms with Gasteiger partial charge in [-0.15, -0.1) is 0 Å². The maximum atomic E-state index is 13.8. The van der Waals surface area contributed by atoms with E-state index in [0.29, 0.717) is 35.5 Å². The molecule has 6 rings (SSSR count). The quantitative estimate of drug-likeness (QED) is 0.368. The Balaban J connectivity index is 1.45. The molecule has 206 valence electrons. The van der Waals surface area contributed by atoms with Gasteiger partial charge in [-0.2, -0.15) is 13.2 Å². The minimum Gasteiger partial charge on any atom is -0.383 e. The summed E-state index contributed by atoms with van der Waals surface area (Å²) in [4.78, 5) is 23.1. The SMILES string of the molecule is C[C@@H]1OCc2c1c(N)nc1cc(CN(C(=O)c3ccc(C(F)(F)F)nc3)c3cccc4c3S(=O)(=O)CC4)ccc21. The van der Waals surface area contributed by atoms with Gasteiger partial charge in [-0.25, -0.2) is 13.4 Å². The zero-order valence-electron chi connectivity index (χ0n) is 21.2. The van der Waals surface area contributed by atoms with Gasteiger partial charge in [-0.3, -0.25) is 9.78 Å². The van der Waals surface area contributed by atoms with Crippen LogP contribution < -0.4 is 10.6 Å². The van der Waals surface area contributed by atoms with Gasteiger partial charge in [0, 0.05) is 17.1 Å². The molecule has 2 aliphatic rings. The second kappa shape index (κ2) is 9.27. The van der Waals surface area contributed by atoms with Gasteiger partial charge < -0.3 is 15.4 Å². The molecule has 0 radical (unpaired) electrons. The fourth-order valence-corrected chi connectivity index (χ4v) is 7.15. The number of pyridine rings is 2. The lowest BCUT2D eigenvalue weighted by Crippen LogP contribution is -2.32. The summed E-state index contributed by atoms with van der Waals surface area (Å²) in [5, 5.41) is 0.852. The maximum Gasteiger partial charge on any atom is 0.433 e. The first-order valence-corrected chi connectivity index (χ1v) is 14.1. The molecular formula is C28H23F3N4O4S. The summed E-state index contributed by atoms with van der Waals surface area (Å²) in [5.41, 5.74) is 8.69. The van der Waals surface area contributed by atoms with Crippen molar-refractivity contribution in [1.29, 1.82) is 0 Å². The van der Waals surface area contributed by atoms with Crippen LogP contribution in [0.2, 0.25) is 0 Å². The van der Waals surface area contributed by atoms with E-state index in [2.05, 4.69) is 9.97 Å². The number of nitrogen functional groups attached to an aromatic ring is 1. The van der Waals surface area contributed by atoms with E-state index in [1.807, 2.05) is 13.0 Å². The van der Waals surface area contributed by atoms with Crippen LogP contribution in [0.25, 0.3) is 10.9 Å². The molecule has 2 N–H and O–H groups in total. The molecule has 0 bridgehead atoms.